The van der Waals surface area contributed by atoms with E-state index in [1.165, 1.54) is 0 Å². The van der Waals surface area contributed by atoms with Crippen LogP contribution in [0.5, 0.6) is 11.5 Å². The Hall–Kier alpha value is -1.86. The summed E-state index contributed by atoms with van der Waals surface area (Å²) < 4.78 is 10.8. The van der Waals surface area contributed by atoms with Crippen molar-refractivity contribution in [2.24, 2.45) is 11.3 Å². The number of hydrogen-bond donors (Lipinski definition) is 1. The van der Waals surface area contributed by atoms with E-state index >= 15 is 0 Å². The summed E-state index contributed by atoms with van der Waals surface area (Å²) in [4.78, 5) is 8.91. The van der Waals surface area contributed by atoms with E-state index in [4.69, 9.17) is 21.1 Å². The number of methoxy groups -OCH3 is 2. The van der Waals surface area contributed by atoms with Crippen molar-refractivity contribution in [1.82, 2.24) is 14.8 Å². The first-order chi connectivity index (χ1) is 14.0. The first-order valence-electron chi connectivity index (χ1n) is 9.91. The molecule has 0 spiro atoms. The summed E-state index contributed by atoms with van der Waals surface area (Å²) in [5, 5.41) is 11.0. The lowest BCUT2D eigenvalue weighted by molar-refractivity contribution is 0.110. The van der Waals surface area contributed by atoms with Crippen molar-refractivity contribution in [3.63, 3.8) is 0 Å². The molecule has 2 aliphatic rings. The Labute approximate surface area is 177 Å². The van der Waals surface area contributed by atoms with Gasteiger partial charge in [0.15, 0.2) is 0 Å². The first-order valence-corrected chi connectivity index (χ1v) is 10.3. The monoisotopic (exact) mass is 417 g/mol. The van der Waals surface area contributed by atoms with Gasteiger partial charge in [0.2, 0.25) is 0 Å². The number of aliphatic hydroxyl groups excluding tert-OH is 1. The maximum absolute atomic E-state index is 10.3. The number of fused-ring (bicyclic) bond motifs is 1. The van der Waals surface area contributed by atoms with Crippen molar-refractivity contribution in [3.05, 3.63) is 52.8 Å². The zero-order valence-corrected chi connectivity index (χ0v) is 17.7. The Kier molecular flexibility index (Phi) is 5.97. The topological polar surface area (TPSA) is 58.1 Å². The zero-order valence-electron chi connectivity index (χ0n) is 17.0. The molecule has 2 aliphatic heterocycles. The molecule has 0 aliphatic carbocycles. The van der Waals surface area contributed by atoms with Crippen molar-refractivity contribution in [2.75, 3.05) is 47.0 Å². The van der Waals surface area contributed by atoms with Gasteiger partial charge >= 0.3 is 0 Å². The second kappa shape index (κ2) is 8.48. The fourth-order valence-corrected chi connectivity index (χ4v) is 5.03. The van der Waals surface area contributed by atoms with Crippen LogP contribution in [0.1, 0.15) is 11.1 Å². The molecule has 0 radical (unpaired) electrons. The molecule has 1 aromatic heterocycles. The Morgan fingerprint density at radius 1 is 1.10 bits per heavy atom. The molecule has 1 N–H and O–H groups in total. The Morgan fingerprint density at radius 2 is 1.76 bits per heavy atom. The third-order valence-corrected chi connectivity index (χ3v) is 6.62. The fourth-order valence-electron chi connectivity index (χ4n) is 4.86. The second-order valence-electron chi connectivity index (χ2n) is 8.24. The van der Waals surface area contributed by atoms with Crippen LogP contribution in [0.4, 0.5) is 0 Å². The molecule has 2 unspecified atom stereocenters. The van der Waals surface area contributed by atoms with E-state index in [2.05, 4.69) is 26.9 Å². The Balaban J connectivity index is 1.43. The van der Waals surface area contributed by atoms with Crippen molar-refractivity contribution in [3.8, 4) is 11.5 Å². The lowest BCUT2D eigenvalue weighted by atomic mass is 9.82. The standard InChI is InChI=1S/C22H28ClN3O3/c1-28-19-5-16(6-20(7-19)29-2)9-25-11-18-12-26(14-22(18,13-25)15-27)10-17-3-4-24-8-21(17)23/h3-8,18,27H,9-15H2,1-2H3. The summed E-state index contributed by atoms with van der Waals surface area (Å²) in [7, 11) is 3.34. The number of hydrogen-bond acceptors (Lipinski definition) is 6. The molecule has 0 bridgehead atoms. The van der Waals surface area contributed by atoms with Crippen molar-refractivity contribution in [1.29, 1.82) is 0 Å². The van der Waals surface area contributed by atoms with E-state index in [1.54, 1.807) is 26.6 Å². The van der Waals surface area contributed by atoms with Crippen molar-refractivity contribution < 1.29 is 14.6 Å². The number of aromatic nitrogens is 1. The fraction of sp³-hybridized carbons (Fsp3) is 0.500. The highest BCUT2D eigenvalue weighted by Crippen LogP contribution is 2.43. The molecular formula is C22H28ClN3O3. The number of halogens is 1. The van der Waals surface area contributed by atoms with Crippen LogP contribution in [0.15, 0.2) is 36.7 Å². The molecule has 2 saturated heterocycles. The van der Waals surface area contributed by atoms with Gasteiger partial charge < -0.3 is 14.6 Å². The van der Waals surface area contributed by atoms with E-state index in [0.29, 0.717) is 10.9 Å². The lowest BCUT2D eigenvalue weighted by Gasteiger charge is -2.27. The first kappa shape index (κ1) is 20.4. The molecule has 0 amide bonds. The van der Waals surface area contributed by atoms with Crippen molar-refractivity contribution in [2.45, 2.75) is 13.1 Å². The molecule has 2 aromatic rings. The maximum Gasteiger partial charge on any atom is 0.122 e. The number of rotatable bonds is 7. The summed E-state index contributed by atoms with van der Waals surface area (Å²) in [6.07, 6.45) is 3.48. The van der Waals surface area contributed by atoms with E-state index in [0.717, 1.165) is 61.9 Å². The van der Waals surface area contributed by atoms with Gasteiger partial charge in [-0.3, -0.25) is 14.8 Å². The van der Waals surface area contributed by atoms with Crippen molar-refractivity contribution >= 4 is 11.6 Å². The number of pyridine rings is 1. The number of nitrogens with zero attached hydrogens (tertiary/aromatic N) is 3. The summed E-state index contributed by atoms with van der Waals surface area (Å²) in [5.74, 6) is 2.05. The van der Waals surface area contributed by atoms with Gasteiger partial charge in [0, 0.05) is 63.1 Å². The molecular weight excluding hydrogens is 390 g/mol. The number of ether oxygens (including phenoxy) is 2. The highest BCUT2D eigenvalue weighted by atomic mass is 35.5. The molecule has 29 heavy (non-hydrogen) atoms. The lowest BCUT2D eigenvalue weighted by Crippen LogP contribution is -2.36. The van der Waals surface area contributed by atoms with E-state index < -0.39 is 0 Å². The minimum atomic E-state index is -0.0809. The van der Waals surface area contributed by atoms with Crippen LogP contribution >= 0.6 is 11.6 Å². The number of likely N-dealkylation sites (tertiary alicyclic amines) is 2. The highest BCUT2D eigenvalue weighted by Gasteiger charge is 2.51. The number of benzene rings is 1. The molecule has 0 saturated carbocycles. The van der Waals surface area contributed by atoms with Crippen LogP contribution in [0.3, 0.4) is 0 Å². The average molecular weight is 418 g/mol. The SMILES string of the molecule is COc1cc(CN2CC3CN(Cc4ccncc4Cl)CC3(CO)C2)cc(OC)c1. The quantitative estimate of drug-likeness (QED) is 0.747. The molecule has 4 rings (SSSR count). The van der Waals surface area contributed by atoms with E-state index in [1.807, 2.05) is 12.1 Å². The molecule has 6 nitrogen and oxygen atoms in total. The van der Waals surface area contributed by atoms with Crippen LogP contribution in [0.2, 0.25) is 5.02 Å². The summed E-state index contributed by atoms with van der Waals surface area (Å²) in [5.41, 5.74) is 2.17. The Bertz CT molecular complexity index is 843. The largest absolute Gasteiger partial charge is 0.497 e. The molecule has 1 aromatic carbocycles. The normalized spacial score (nSPS) is 24.6. The summed E-state index contributed by atoms with van der Waals surface area (Å²) in [6, 6.07) is 7.98. The van der Waals surface area contributed by atoms with E-state index in [9.17, 15) is 5.11 Å². The van der Waals surface area contributed by atoms with Gasteiger partial charge in [-0.1, -0.05) is 11.6 Å². The Morgan fingerprint density at radius 3 is 2.31 bits per heavy atom. The van der Waals surface area contributed by atoms with Gasteiger partial charge in [0.1, 0.15) is 11.5 Å². The van der Waals surface area contributed by atoms with Gasteiger partial charge in [-0.05, 0) is 35.2 Å². The minimum Gasteiger partial charge on any atom is -0.497 e. The number of aliphatic hydroxyl groups is 1. The summed E-state index contributed by atoms with van der Waals surface area (Å²) in [6.45, 7) is 5.53. The van der Waals surface area contributed by atoms with Gasteiger partial charge in [-0.15, -0.1) is 0 Å². The maximum atomic E-state index is 10.3. The van der Waals surface area contributed by atoms with Crippen LogP contribution in [0.25, 0.3) is 0 Å². The average Bonchev–Trinajstić information content (AvgIpc) is 3.22. The van der Waals surface area contributed by atoms with Crippen LogP contribution in [0, 0.1) is 11.3 Å². The van der Waals surface area contributed by atoms with Crippen LogP contribution in [-0.4, -0.2) is 66.9 Å². The van der Waals surface area contributed by atoms with E-state index in [-0.39, 0.29) is 12.0 Å². The van der Waals surface area contributed by atoms with Gasteiger partial charge in [0.25, 0.3) is 0 Å². The van der Waals surface area contributed by atoms with Gasteiger partial charge in [-0.25, -0.2) is 0 Å². The van der Waals surface area contributed by atoms with Crippen LogP contribution in [-0.2, 0) is 13.1 Å². The molecule has 156 valence electrons. The van der Waals surface area contributed by atoms with Gasteiger partial charge in [-0.2, -0.15) is 0 Å². The third kappa shape index (κ3) is 4.21. The second-order valence-corrected chi connectivity index (χ2v) is 8.65. The van der Waals surface area contributed by atoms with Crippen LogP contribution < -0.4 is 9.47 Å². The van der Waals surface area contributed by atoms with Gasteiger partial charge in [0.05, 0.1) is 25.8 Å². The predicted octanol–water partition coefficient (Wildman–Crippen LogP) is 2.68. The zero-order chi connectivity index (χ0) is 20.4. The molecule has 3 heterocycles. The molecule has 7 heteroatoms. The molecule has 2 fully saturated rings. The molecule has 2 atom stereocenters. The predicted molar refractivity (Wildman–Crippen MR) is 112 cm³/mol. The highest BCUT2D eigenvalue weighted by molar-refractivity contribution is 6.31. The smallest absolute Gasteiger partial charge is 0.122 e. The summed E-state index contributed by atoms with van der Waals surface area (Å²) >= 11 is 6.29. The third-order valence-electron chi connectivity index (χ3n) is 6.28. The minimum absolute atomic E-state index is 0.0809.